The summed E-state index contributed by atoms with van der Waals surface area (Å²) in [7, 11) is -3.36. The lowest BCUT2D eigenvalue weighted by atomic mass is 10.0. The van der Waals surface area contributed by atoms with E-state index in [0.717, 1.165) is 19.3 Å². The molecule has 0 aromatic rings. The lowest BCUT2D eigenvalue weighted by Gasteiger charge is -2.24. The Morgan fingerprint density at radius 2 is 1.88 bits per heavy atom. The van der Waals surface area contributed by atoms with E-state index in [-0.39, 0.29) is 11.9 Å². The minimum Gasteiger partial charge on any atom is -0.465 e. The van der Waals surface area contributed by atoms with E-state index in [1.807, 2.05) is 0 Å². The molecule has 1 fully saturated rings. The number of esters is 1. The number of hydrogen-bond donors (Lipinski definition) is 0. The molecule has 1 saturated carbocycles. The van der Waals surface area contributed by atoms with Crippen molar-refractivity contribution in [3.63, 3.8) is 0 Å². The van der Waals surface area contributed by atoms with Gasteiger partial charge < -0.3 is 4.74 Å². The molecule has 94 valence electrons. The standard InChI is InChI=1S/C11H20O4S/c1-3-15-11(12)9(2)16(13,14)10-7-5-4-6-8-10/h9-10H,3-8H2,1-2H3. The van der Waals surface area contributed by atoms with Gasteiger partial charge in [0.15, 0.2) is 15.1 Å². The Balaban J connectivity index is 2.71. The maximum Gasteiger partial charge on any atom is 0.324 e. The molecule has 1 aliphatic rings. The monoisotopic (exact) mass is 248 g/mol. The summed E-state index contributed by atoms with van der Waals surface area (Å²) in [6.45, 7) is 3.34. The zero-order chi connectivity index (χ0) is 12.2. The lowest BCUT2D eigenvalue weighted by molar-refractivity contribution is -0.142. The van der Waals surface area contributed by atoms with Crippen LogP contribution in [-0.2, 0) is 19.4 Å². The average Bonchev–Trinajstić information content (AvgIpc) is 2.29. The second kappa shape index (κ2) is 5.66. The highest BCUT2D eigenvalue weighted by Crippen LogP contribution is 2.26. The lowest BCUT2D eigenvalue weighted by Crippen LogP contribution is -2.37. The number of carbonyl (C=O) groups is 1. The first-order chi connectivity index (χ1) is 7.50. The fourth-order valence-electron chi connectivity index (χ4n) is 2.08. The Bertz CT molecular complexity index is 328. The Kier molecular flexibility index (Phi) is 4.77. The first-order valence-corrected chi connectivity index (χ1v) is 7.50. The fourth-order valence-corrected chi connectivity index (χ4v) is 3.98. The molecule has 0 aliphatic heterocycles. The number of carbonyl (C=O) groups excluding carboxylic acids is 1. The van der Waals surface area contributed by atoms with Crippen LogP contribution < -0.4 is 0 Å². The van der Waals surface area contributed by atoms with Gasteiger partial charge in [0.2, 0.25) is 0 Å². The molecule has 1 unspecified atom stereocenters. The molecule has 0 spiro atoms. The molecular weight excluding hydrogens is 228 g/mol. The van der Waals surface area contributed by atoms with E-state index >= 15 is 0 Å². The van der Waals surface area contributed by atoms with Crippen LogP contribution in [0.2, 0.25) is 0 Å². The van der Waals surface area contributed by atoms with Crippen molar-refractivity contribution in [2.24, 2.45) is 0 Å². The van der Waals surface area contributed by atoms with Gasteiger partial charge in [-0.3, -0.25) is 4.79 Å². The van der Waals surface area contributed by atoms with E-state index in [2.05, 4.69) is 0 Å². The van der Waals surface area contributed by atoms with Crippen LogP contribution in [0.5, 0.6) is 0 Å². The number of ether oxygens (including phenoxy) is 1. The maximum absolute atomic E-state index is 12.1. The van der Waals surface area contributed by atoms with Crippen molar-refractivity contribution < 1.29 is 17.9 Å². The van der Waals surface area contributed by atoms with Crippen molar-refractivity contribution >= 4 is 15.8 Å². The summed E-state index contributed by atoms with van der Waals surface area (Å²) < 4.78 is 29.0. The van der Waals surface area contributed by atoms with E-state index in [0.29, 0.717) is 12.8 Å². The largest absolute Gasteiger partial charge is 0.465 e. The van der Waals surface area contributed by atoms with Crippen LogP contribution in [0.25, 0.3) is 0 Å². The van der Waals surface area contributed by atoms with Gasteiger partial charge in [-0.25, -0.2) is 8.42 Å². The zero-order valence-corrected chi connectivity index (χ0v) is 10.8. The van der Waals surface area contributed by atoms with Gasteiger partial charge in [-0.1, -0.05) is 19.3 Å². The molecule has 16 heavy (non-hydrogen) atoms. The van der Waals surface area contributed by atoms with Crippen LogP contribution >= 0.6 is 0 Å². The Hall–Kier alpha value is -0.580. The first kappa shape index (κ1) is 13.5. The van der Waals surface area contributed by atoms with Crippen LogP contribution in [-0.4, -0.2) is 31.5 Å². The summed E-state index contributed by atoms with van der Waals surface area (Å²) in [4.78, 5) is 11.4. The van der Waals surface area contributed by atoms with Crippen molar-refractivity contribution in [3.05, 3.63) is 0 Å². The van der Waals surface area contributed by atoms with Gasteiger partial charge in [-0.05, 0) is 26.7 Å². The predicted octanol–water partition coefficient (Wildman–Crippen LogP) is 1.69. The van der Waals surface area contributed by atoms with Gasteiger partial charge in [-0.15, -0.1) is 0 Å². The summed E-state index contributed by atoms with van der Waals surface area (Å²) in [5.74, 6) is -0.618. The molecule has 0 amide bonds. The van der Waals surface area contributed by atoms with Crippen LogP contribution in [0.3, 0.4) is 0 Å². The van der Waals surface area contributed by atoms with Crippen LogP contribution in [0.1, 0.15) is 46.0 Å². The van der Waals surface area contributed by atoms with E-state index in [9.17, 15) is 13.2 Å². The van der Waals surface area contributed by atoms with Crippen molar-refractivity contribution in [2.45, 2.75) is 56.5 Å². The van der Waals surface area contributed by atoms with Crippen LogP contribution in [0.4, 0.5) is 0 Å². The van der Waals surface area contributed by atoms with Gasteiger partial charge in [0.25, 0.3) is 0 Å². The normalized spacial score (nSPS) is 20.4. The third kappa shape index (κ3) is 2.97. The van der Waals surface area contributed by atoms with E-state index in [1.54, 1.807) is 6.92 Å². The van der Waals surface area contributed by atoms with Gasteiger partial charge >= 0.3 is 5.97 Å². The third-order valence-corrected chi connectivity index (χ3v) is 5.71. The van der Waals surface area contributed by atoms with E-state index in [4.69, 9.17) is 4.74 Å². The number of sulfone groups is 1. The quantitative estimate of drug-likeness (QED) is 0.710. The van der Waals surface area contributed by atoms with Crippen molar-refractivity contribution in [3.8, 4) is 0 Å². The van der Waals surface area contributed by atoms with Crippen molar-refractivity contribution in [2.75, 3.05) is 6.61 Å². The number of rotatable bonds is 4. The van der Waals surface area contributed by atoms with Crippen LogP contribution in [0, 0.1) is 0 Å². The molecule has 0 aromatic heterocycles. The summed E-state index contributed by atoms with van der Waals surface area (Å²) >= 11 is 0. The van der Waals surface area contributed by atoms with Crippen molar-refractivity contribution in [1.29, 1.82) is 0 Å². The van der Waals surface area contributed by atoms with Gasteiger partial charge in [0.05, 0.1) is 11.9 Å². The molecule has 0 saturated heterocycles. The molecule has 1 aliphatic carbocycles. The van der Waals surface area contributed by atoms with Gasteiger partial charge in [0.1, 0.15) is 0 Å². The summed E-state index contributed by atoms with van der Waals surface area (Å²) in [5, 5.41) is -1.36. The highest BCUT2D eigenvalue weighted by Gasteiger charge is 2.36. The second-order valence-corrected chi connectivity index (χ2v) is 6.80. The molecule has 1 atom stereocenters. The smallest absolute Gasteiger partial charge is 0.324 e. The number of hydrogen-bond acceptors (Lipinski definition) is 4. The summed E-state index contributed by atoms with van der Waals surface area (Å²) in [6, 6.07) is 0. The van der Waals surface area contributed by atoms with Gasteiger partial charge in [-0.2, -0.15) is 0 Å². The predicted molar refractivity (Wildman–Crippen MR) is 61.9 cm³/mol. The fraction of sp³-hybridized carbons (Fsp3) is 0.909. The zero-order valence-electron chi connectivity index (χ0n) is 9.94. The minimum atomic E-state index is -3.36. The molecular formula is C11H20O4S. The second-order valence-electron chi connectivity index (χ2n) is 4.24. The molecule has 1 rings (SSSR count). The first-order valence-electron chi connectivity index (χ1n) is 5.89. The molecule has 0 radical (unpaired) electrons. The average molecular weight is 248 g/mol. The summed E-state index contributed by atoms with van der Waals surface area (Å²) in [5.41, 5.74) is 0. The maximum atomic E-state index is 12.1. The highest BCUT2D eigenvalue weighted by molar-refractivity contribution is 7.93. The highest BCUT2D eigenvalue weighted by atomic mass is 32.2. The topological polar surface area (TPSA) is 60.4 Å². The molecule has 0 aromatic carbocycles. The van der Waals surface area contributed by atoms with Crippen molar-refractivity contribution in [1.82, 2.24) is 0 Å². The molecule has 0 bridgehead atoms. The van der Waals surface area contributed by atoms with Crippen LogP contribution in [0.15, 0.2) is 0 Å². The van der Waals surface area contributed by atoms with Gasteiger partial charge in [0, 0.05) is 0 Å². The SMILES string of the molecule is CCOC(=O)C(C)S(=O)(=O)C1CCCCC1. The van der Waals surface area contributed by atoms with E-state index < -0.39 is 21.1 Å². The summed E-state index contributed by atoms with van der Waals surface area (Å²) in [6.07, 6.45) is 4.36. The third-order valence-electron chi connectivity index (χ3n) is 3.13. The van der Waals surface area contributed by atoms with E-state index in [1.165, 1.54) is 6.92 Å². The minimum absolute atomic E-state index is 0.226. The molecule has 0 heterocycles. The molecule has 0 N–H and O–H groups in total. The molecule has 4 nitrogen and oxygen atoms in total. The molecule has 5 heteroatoms. The Morgan fingerprint density at radius 1 is 1.31 bits per heavy atom. The Morgan fingerprint density at radius 3 is 2.38 bits per heavy atom. The Labute approximate surface area is 97.3 Å².